The lowest BCUT2D eigenvalue weighted by Crippen LogP contribution is -2.41. The van der Waals surface area contributed by atoms with Crippen LogP contribution < -0.4 is 19.1 Å². The molecular formula is C20H27N3O7S2. The van der Waals surface area contributed by atoms with Crippen LogP contribution in [0.15, 0.2) is 53.4 Å². The number of methoxy groups -OCH3 is 1. The van der Waals surface area contributed by atoms with E-state index < -0.39 is 26.0 Å². The number of ether oxygens (including phenoxy) is 2. The Morgan fingerprint density at radius 1 is 0.938 bits per heavy atom. The topological polar surface area (TPSA) is 122 Å². The fourth-order valence-electron chi connectivity index (χ4n) is 2.61. The molecule has 2 aromatic carbocycles. The summed E-state index contributed by atoms with van der Waals surface area (Å²) in [6, 6.07) is 12.2. The van der Waals surface area contributed by atoms with Gasteiger partial charge in [-0.2, -0.15) is 0 Å². The molecule has 0 radical (unpaired) electrons. The molecule has 0 spiro atoms. The lowest BCUT2D eigenvalue weighted by molar-refractivity contribution is -0.119. The average Bonchev–Trinajstić information content (AvgIpc) is 2.74. The number of rotatable bonds is 11. The van der Waals surface area contributed by atoms with Crippen LogP contribution in [0.1, 0.15) is 0 Å². The van der Waals surface area contributed by atoms with Gasteiger partial charge in [0.15, 0.2) is 0 Å². The Hall–Kier alpha value is -2.83. The number of nitrogens with zero attached hydrogens (tertiary/aromatic N) is 2. The number of anilines is 1. The van der Waals surface area contributed by atoms with Crippen LogP contribution in [-0.2, 0) is 24.8 Å². The number of carbonyl (C=O) groups is 1. The summed E-state index contributed by atoms with van der Waals surface area (Å²) < 4.78 is 61.0. The second kappa shape index (κ2) is 10.7. The van der Waals surface area contributed by atoms with E-state index in [0.29, 0.717) is 17.2 Å². The van der Waals surface area contributed by atoms with Crippen molar-refractivity contribution in [3.63, 3.8) is 0 Å². The number of amides is 1. The number of carbonyl (C=O) groups excluding carboxylic acids is 1. The Morgan fingerprint density at radius 2 is 1.50 bits per heavy atom. The van der Waals surface area contributed by atoms with Gasteiger partial charge in [0.05, 0.1) is 30.5 Å². The maximum absolute atomic E-state index is 12.3. The van der Waals surface area contributed by atoms with E-state index in [1.54, 1.807) is 24.3 Å². The smallest absolute Gasteiger partial charge is 0.242 e. The standard InChI is InChI=1S/C20H27N3O7S2/c1-22(2)32(27,28)19-11-9-18(10-12-19)30-14-13-21-20(24)15-23(31(4,25)26)16-5-7-17(29-3)8-6-16/h5-12H,13-15H2,1-4H3,(H,21,24). The van der Waals surface area contributed by atoms with E-state index in [1.807, 2.05) is 0 Å². The van der Waals surface area contributed by atoms with Crippen LogP contribution in [0.4, 0.5) is 5.69 Å². The van der Waals surface area contributed by atoms with Crippen molar-refractivity contribution < 1.29 is 31.1 Å². The minimum Gasteiger partial charge on any atom is -0.497 e. The highest BCUT2D eigenvalue weighted by atomic mass is 32.2. The quantitative estimate of drug-likeness (QED) is 0.469. The minimum atomic E-state index is -3.68. The van der Waals surface area contributed by atoms with Crippen molar-refractivity contribution >= 4 is 31.6 Å². The van der Waals surface area contributed by atoms with Gasteiger partial charge >= 0.3 is 0 Å². The van der Waals surface area contributed by atoms with Crippen molar-refractivity contribution in [2.45, 2.75) is 4.90 Å². The molecular weight excluding hydrogens is 458 g/mol. The Kier molecular flexibility index (Phi) is 8.47. The molecule has 0 aliphatic heterocycles. The maximum atomic E-state index is 12.3. The van der Waals surface area contributed by atoms with Crippen molar-refractivity contribution in [1.82, 2.24) is 9.62 Å². The third kappa shape index (κ3) is 6.84. The molecule has 32 heavy (non-hydrogen) atoms. The first-order chi connectivity index (χ1) is 14.9. The summed E-state index contributed by atoms with van der Waals surface area (Å²) in [5, 5.41) is 2.60. The molecule has 0 saturated carbocycles. The van der Waals surface area contributed by atoms with E-state index in [0.717, 1.165) is 14.9 Å². The monoisotopic (exact) mass is 485 g/mol. The number of hydrogen-bond acceptors (Lipinski definition) is 7. The number of nitrogens with one attached hydrogen (secondary N) is 1. The highest BCUT2D eigenvalue weighted by Crippen LogP contribution is 2.21. The van der Waals surface area contributed by atoms with Gasteiger partial charge in [-0.05, 0) is 48.5 Å². The number of hydrogen-bond donors (Lipinski definition) is 1. The average molecular weight is 486 g/mol. The molecule has 0 unspecified atom stereocenters. The van der Waals surface area contributed by atoms with E-state index >= 15 is 0 Å². The molecule has 0 fully saturated rings. The number of sulfonamides is 2. The molecule has 0 aliphatic carbocycles. The summed E-state index contributed by atoms with van der Waals surface area (Å²) in [5.74, 6) is 0.506. The summed E-state index contributed by atoms with van der Waals surface area (Å²) in [4.78, 5) is 12.4. The van der Waals surface area contributed by atoms with Gasteiger partial charge in [0.2, 0.25) is 26.0 Å². The zero-order valence-electron chi connectivity index (χ0n) is 18.3. The first kappa shape index (κ1) is 25.4. The number of benzene rings is 2. The Labute approximate surface area is 188 Å². The highest BCUT2D eigenvalue weighted by molar-refractivity contribution is 7.92. The predicted molar refractivity (Wildman–Crippen MR) is 121 cm³/mol. The molecule has 2 rings (SSSR count). The summed E-state index contributed by atoms with van der Waals surface area (Å²) in [7, 11) is -2.81. The van der Waals surface area contributed by atoms with E-state index in [-0.39, 0.29) is 24.6 Å². The fourth-order valence-corrected chi connectivity index (χ4v) is 4.37. The van der Waals surface area contributed by atoms with Crippen molar-refractivity contribution in [3.05, 3.63) is 48.5 Å². The summed E-state index contributed by atoms with van der Waals surface area (Å²) in [6.45, 7) is -0.133. The van der Waals surface area contributed by atoms with Crippen LogP contribution in [0.25, 0.3) is 0 Å². The van der Waals surface area contributed by atoms with Gasteiger partial charge < -0.3 is 14.8 Å². The maximum Gasteiger partial charge on any atom is 0.242 e. The molecule has 0 saturated heterocycles. The van der Waals surface area contributed by atoms with Crippen LogP contribution in [-0.4, -0.2) is 74.2 Å². The van der Waals surface area contributed by atoms with Gasteiger partial charge in [-0.25, -0.2) is 21.1 Å². The van der Waals surface area contributed by atoms with Gasteiger partial charge in [0.1, 0.15) is 24.7 Å². The van der Waals surface area contributed by atoms with Gasteiger partial charge in [-0.3, -0.25) is 9.10 Å². The molecule has 0 aliphatic rings. The van der Waals surface area contributed by atoms with E-state index in [2.05, 4.69) is 5.32 Å². The zero-order chi connectivity index (χ0) is 23.9. The van der Waals surface area contributed by atoms with Gasteiger partial charge in [0.25, 0.3) is 0 Å². The summed E-state index contributed by atoms with van der Waals surface area (Å²) in [6.07, 6.45) is 1.02. The van der Waals surface area contributed by atoms with E-state index in [4.69, 9.17) is 9.47 Å². The Bertz CT molecular complexity index is 1110. The van der Waals surface area contributed by atoms with Gasteiger partial charge in [0, 0.05) is 14.1 Å². The van der Waals surface area contributed by atoms with E-state index in [9.17, 15) is 21.6 Å². The summed E-state index contributed by atoms with van der Waals surface area (Å²) in [5.41, 5.74) is 0.340. The second-order valence-corrected chi connectivity index (χ2v) is 11.0. The Balaban J connectivity index is 1.89. The third-order valence-corrected chi connectivity index (χ3v) is 7.31. The zero-order valence-corrected chi connectivity index (χ0v) is 19.9. The first-order valence-electron chi connectivity index (χ1n) is 9.49. The fraction of sp³-hybridized carbons (Fsp3) is 0.350. The SMILES string of the molecule is COc1ccc(N(CC(=O)NCCOc2ccc(S(=O)(=O)N(C)C)cc2)S(C)(=O)=O)cc1. The van der Waals surface area contributed by atoms with Crippen LogP contribution >= 0.6 is 0 Å². The molecule has 1 N–H and O–H groups in total. The Morgan fingerprint density at radius 3 is 2.00 bits per heavy atom. The van der Waals surface area contributed by atoms with Crippen molar-refractivity contribution in [2.75, 3.05) is 51.5 Å². The molecule has 12 heteroatoms. The van der Waals surface area contributed by atoms with Crippen LogP contribution in [0.3, 0.4) is 0 Å². The normalized spacial score (nSPS) is 11.8. The molecule has 1 amide bonds. The van der Waals surface area contributed by atoms with Crippen molar-refractivity contribution in [1.29, 1.82) is 0 Å². The van der Waals surface area contributed by atoms with Crippen LogP contribution in [0.2, 0.25) is 0 Å². The molecule has 0 atom stereocenters. The lowest BCUT2D eigenvalue weighted by atomic mass is 10.3. The van der Waals surface area contributed by atoms with Crippen LogP contribution in [0, 0.1) is 0 Å². The van der Waals surface area contributed by atoms with Crippen LogP contribution in [0.5, 0.6) is 11.5 Å². The molecule has 176 valence electrons. The van der Waals surface area contributed by atoms with Crippen molar-refractivity contribution in [3.8, 4) is 11.5 Å². The molecule has 10 nitrogen and oxygen atoms in total. The second-order valence-electron chi connectivity index (χ2n) is 6.92. The van der Waals surface area contributed by atoms with Gasteiger partial charge in [-0.1, -0.05) is 0 Å². The predicted octanol–water partition coefficient (Wildman–Crippen LogP) is 0.907. The third-order valence-electron chi connectivity index (χ3n) is 4.34. The minimum absolute atomic E-state index is 0.118. The summed E-state index contributed by atoms with van der Waals surface area (Å²) >= 11 is 0. The molecule has 0 heterocycles. The molecule has 0 bridgehead atoms. The largest absolute Gasteiger partial charge is 0.497 e. The van der Waals surface area contributed by atoms with Crippen molar-refractivity contribution in [2.24, 2.45) is 0 Å². The van der Waals surface area contributed by atoms with E-state index in [1.165, 1.54) is 45.5 Å². The highest BCUT2D eigenvalue weighted by Gasteiger charge is 2.21. The lowest BCUT2D eigenvalue weighted by Gasteiger charge is -2.22. The molecule has 0 aromatic heterocycles. The van der Waals surface area contributed by atoms with Gasteiger partial charge in [-0.15, -0.1) is 0 Å². The first-order valence-corrected chi connectivity index (χ1v) is 12.8. The molecule has 2 aromatic rings.